The van der Waals surface area contributed by atoms with Gasteiger partial charge in [-0.15, -0.1) is 0 Å². The molecule has 0 bridgehead atoms. The van der Waals surface area contributed by atoms with E-state index in [1.54, 1.807) is 12.1 Å². The van der Waals surface area contributed by atoms with Crippen LogP contribution in [0.2, 0.25) is 0 Å². The first-order valence-electron chi connectivity index (χ1n) is 11.6. The fraction of sp³-hybridized carbons (Fsp3) is 0.133. The summed E-state index contributed by atoms with van der Waals surface area (Å²) in [5, 5.41) is 4.88. The van der Waals surface area contributed by atoms with Gasteiger partial charge in [-0.3, -0.25) is 4.79 Å². The lowest BCUT2D eigenvalue weighted by atomic mass is 9.98. The van der Waals surface area contributed by atoms with E-state index in [1.165, 1.54) is 38.7 Å². The number of benzene rings is 4. The molecule has 2 atom stereocenters. The van der Waals surface area contributed by atoms with Crippen LogP contribution in [0.1, 0.15) is 37.1 Å². The summed E-state index contributed by atoms with van der Waals surface area (Å²) in [6.07, 6.45) is 1.85. The quantitative estimate of drug-likeness (QED) is 0.223. The first-order chi connectivity index (χ1) is 16.6. The molecule has 0 saturated heterocycles. The summed E-state index contributed by atoms with van der Waals surface area (Å²) in [5.41, 5.74) is 2.25. The van der Waals surface area contributed by atoms with Crippen molar-refractivity contribution in [3.8, 4) is 0 Å². The van der Waals surface area contributed by atoms with Crippen LogP contribution >= 0.6 is 0 Å². The molecule has 34 heavy (non-hydrogen) atoms. The van der Waals surface area contributed by atoms with E-state index in [2.05, 4.69) is 114 Å². The van der Waals surface area contributed by atoms with Crippen LogP contribution in [0.4, 0.5) is 5.82 Å². The molecule has 1 heterocycles. The van der Waals surface area contributed by atoms with Gasteiger partial charge in [0.05, 0.1) is 18.4 Å². The Morgan fingerprint density at radius 2 is 1.21 bits per heavy atom. The Kier molecular flexibility index (Phi) is 5.96. The number of aromatic nitrogens is 1. The predicted molar refractivity (Wildman–Crippen MR) is 142 cm³/mol. The second kappa shape index (κ2) is 9.36. The maximum atomic E-state index is 11.8. The van der Waals surface area contributed by atoms with Gasteiger partial charge in [0.1, 0.15) is 5.82 Å². The largest absolute Gasteiger partial charge is 0.349 e. The Labute approximate surface area is 199 Å². The zero-order chi connectivity index (χ0) is 23.5. The number of nitrogens with one attached hydrogen (secondary N) is 1. The van der Waals surface area contributed by atoms with E-state index in [0.717, 1.165) is 0 Å². The molecule has 2 unspecified atom stereocenters. The summed E-state index contributed by atoms with van der Waals surface area (Å²) < 4.78 is 0. The second-order valence-electron chi connectivity index (χ2n) is 8.66. The molecule has 1 N–H and O–H groups in total. The smallest absolute Gasteiger partial charge is 0.249 e. The van der Waals surface area contributed by atoms with Gasteiger partial charge in [0, 0.05) is 6.07 Å². The zero-order valence-corrected chi connectivity index (χ0v) is 19.3. The lowest BCUT2D eigenvalue weighted by molar-refractivity contribution is 0.278. The van der Waals surface area contributed by atoms with E-state index >= 15 is 0 Å². The van der Waals surface area contributed by atoms with E-state index in [-0.39, 0.29) is 17.6 Å². The number of pyridine rings is 1. The molecule has 0 amide bonds. The van der Waals surface area contributed by atoms with Crippen molar-refractivity contribution in [1.29, 1.82) is 0 Å². The van der Waals surface area contributed by atoms with Gasteiger partial charge < -0.3 is 9.88 Å². The summed E-state index contributed by atoms with van der Waals surface area (Å²) in [6, 6.07) is 35.2. The summed E-state index contributed by atoms with van der Waals surface area (Å²) in [4.78, 5) is 21.4. The minimum absolute atomic E-state index is 0.0604. The van der Waals surface area contributed by atoms with Gasteiger partial charge in [-0.05, 0) is 64.7 Å². The topological polar surface area (TPSA) is 48.5 Å². The molecule has 0 aliphatic rings. The van der Waals surface area contributed by atoms with Crippen LogP contribution in [0, 0.1) is 0 Å². The molecule has 0 spiro atoms. The third-order valence-electron chi connectivity index (χ3n) is 6.49. The van der Waals surface area contributed by atoms with Crippen molar-refractivity contribution in [2.45, 2.75) is 25.9 Å². The van der Waals surface area contributed by atoms with Crippen molar-refractivity contribution in [3.63, 3.8) is 0 Å². The normalized spacial score (nSPS) is 13.4. The van der Waals surface area contributed by atoms with E-state index in [1.807, 2.05) is 6.34 Å². The van der Waals surface area contributed by atoms with Gasteiger partial charge >= 0.3 is 0 Å². The maximum absolute atomic E-state index is 11.8. The Morgan fingerprint density at radius 1 is 0.676 bits per heavy atom. The first-order valence-corrected chi connectivity index (χ1v) is 11.6. The Bertz CT molecular complexity index is 1450. The van der Waals surface area contributed by atoms with Gasteiger partial charge in [-0.1, -0.05) is 78.9 Å². The summed E-state index contributed by atoms with van der Waals surface area (Å²) in [7, 11) is 0. The average Bonchev–Trinajstić information content (AvgIpc) is 2.88. The summed E-state index contributed by atoms with van der Waals surface area (Å²) in [6.45, 7) is 4.39. The van der Waals surface area contributed by atoms with Crippen LogP contribution in [-0.4, -0.2) is 16.2 Å². The van der Waals surface area contributed by atoms with Crippen molar-refractivity contribution >= 4 is 33.7 Å². The zero-order valence-electron chi connectivity index (χ0n) is 19.3. The molecule has 4 aromatic carbocycles. The number of hydrogen-bond acceptors (Lipinski definition) is 2. The Morgan fingerprint density at radius 3 is 1.74 bits per heavy atom. The third-order valence-corrected chi connectivity index (χ3v) is 6.49. The number of fused-ring (bicyclic) bond motifs is 2. The van der Waals surface area contributed by atoms with Crippen molar-refractivity contribution in [3.05, 3.63) is 125 Å². The monoisotopic (exact) mass is 445 g/mol. The molecule has 0 aliphatic carbocycles. The Balaban J connectivity index is 1.55. The highest BCUT2D eigenvalue weighted by molar-refractivity contribution is 5.84. The van der Waals surface area contributed by atoms with Gasteiger partial charge in [-0.25, -0.2) is 4.99 Å². The van der Waals surface area contributed by atoms with Gasteiger partial charge in [-0.2, -0.15) is 0 Å². The standard InChI is InChI=1S/C30H27N3O/c1-21(25-16-14-23-8-3-5-10-27(23)18-25)33(20-31-29-12-7-13-30(34)32-29)22(2)26-17-15-24-9-4-6-11-28(24)19-26/h3-22H,1-2H3,(H,32,34)/b31-20+. The lowest BCUT2D eigenvalue weighted by Crippen LogP contribution is -2.29. The Hall–Kier alpha value is -4.18. The van der Waals surface area contributed by atoms with Crippen molar-refractivity contribution < 1.29 is 0 Å². The highest BCUT2D eigenvalue weighted by Crippen LogP contribution is 2.32. The van der Waals surface area contributed by atoms with Gasteiger partial charge in [0.25, 0.3) is 0 Å². The number of nitrogens with zero attached hydrogens (tertiary/aromatic N) is 2. The molecule has 5 rings (SSSR count). The summed E-state index contributed by atoms with van der Waals surface area (Å²) in [5.74, 6) is 0.536. The van der Waals surface area contributed by atoms with Gasteiger partial charge in [0.2, 0.25) is 5.56 Å². The fourth-order valence-electron chi connectivity index (χ4n) is 4.46. The highest BCUT2D eigenvalue weighted by atomic mass is 16.1. The predicted octanol–water partition coefficient (Wildman–Crippen LogP) is 7.17. The first kappa shape index (κ1) is 21.7. The minimum Gasteiger partial charge on any atom is -0.349 e. The minimum atomic E-state index is -0.161. The highest BCUT2D eigenvalue weighted by Gasteiger charge is 2.21. The van der Waals surface area contributed by atoms with E-state index < -0.39 is 0 Å². The van der Waals surface area contributed by atoms with E-state index in [4.69, 9.17) is 0 Å². The van der Waals surface area contributed by atoms with Crippen molar-refractivity contribution in [2.75, 3.05) is 0 Å². The van der Waals surface area contributed by atoms with Crippen LogP contribution in [0.15, 0.2) is 113 Å². The molecule has 1 aromatic heterocycles. The van der Waals surface area contributed by atoms with E-state index in [9.17, 15) is 4.79 Å². The number of H-pyrrole nitrogens is 1. The summed E-state index contributed by atoms with van der Waals surface area (Å²) >= 11 is 0. The van der Waals surface area contributed by atoms with Crippen LogP contribution in [0.5, 0.6) is 0 Å². The molecule has 0 radical (unpaired) electrons. The fourth-order valence-corrected chi connectivity index (χ4v) is 4.46. The lowest BCUT2D eigenvalue weighted by Gasteiger charge is -2.34. The molecule has 5 aromatic rings. The van der Waals surface area contributed by atoms with Crippen LogP contribution in [0.3, 0.4) is 0 Å². The second-order valence-corrected chi connectivity index (χ2v) is 8.66. The maximum Gasteiger partial charge on any atom is 0.249 e. The molecular weight excluding hydrogens is 418 g/mol. The third kappa shape index (κ3) is 4.48. The molecule has 0 aliphatic heterocycles. The SMILES string of the molecule is CC(c1ccc2ccccc2c1)N(/C=N/c1cccc(=O)[nH]1)C(C)c1ccc2ccccc2c1. The number of rotatable bonds is 6. The number of hydrogen-bond donors (Lipinski definition) is 1. The molecule has 4 heteroatoms. The van der Waals surface area contributed by atoms with Crippen LogP contribution < -0.4 is 5.56 Å². The molecule has 168 valence electrons. The van der Waals surface area contributed by atoms with Gasteiger partial charge in [0.15, 0.2) is 0 Å². The van der Waals surface area contributed by atoms with Crippen molar-refractivity contribution in [1.82, 2.24) is 9.88 Å². The van der Waals surface area contributed by atoms with E-state index in [0.29, 0.717) is 5.82 Å². The molecule has 0 saturated carbocycles. The van der Waals surface area contributed by atoms with Crippen molar-refractivity contribution in [2.24, 2.45) is 4.99 Å². The molecule has 4 nitrogen and oxygen atoms in total. The molecule has 0 fully saturated rings. The number of aromatic amines is 1. The van der Waals surface area contributed by atoms with Crippen LogP contribution in [-0.2, 0) is 0 Å². The van der Waals surface area contributed by atoms with Crippen LogP contribution in [0.25, 0.3) is 21.5 Å². The molecular formula is C30H27N3O. The number of aliphatic imine (C=N–C) groups is 1. The average molecular weight is 446 g/mol.